The lowest BCUT2D eigenvalue weighted by Crippen LogP contribution is -2.49. The molecule has 0 aliphatic rings. The van der Waals surface area contributed by atoms with Gasteiger partial charge in [-0.3, -0.25) is 9.59 Å². The number of hydrogen-bond donors (Lipinski definition) is 4. The van der Waals surface area contributed by atoms with Crippen LogP contribution >= 0.6 is 11.6 Å². The molecule has 2 amide bonds. The SMILES string of the molecule is Cc1ccc(CC(=O)NCC[N+](C)(C)CCNC(=O)c2nc(Cl)c(N)nc2N)cc1. The molecule has 2 rings (SSSR count). The van der Waals surface area contributed by atoms with E-state index in [1.54, 1.807) is 0 Å². The second kappa shape index (κ2) is 10.2. The standard InChI is InChI=1S/C20H28ClN7O2/c1-13-4-6-14(7-5-13)12-15(29)24-8-10-28(2,3)11-9-25-20(30)16-18(22)27-19(23)17(21)26-16/h4-7H,8-12H2,1-3H3,(H5-,22,23,24,25,27,29,30)/p+1. The number of nitrogens with one attached hydrogen (secondary N) is 2. The third-order valence-corrected chi connectivity index (χ3v) is 4.93. The second-order valence-corrected chi connectivity index (χ2v) is 8.14. The number of nitrogens with two attached hydrogens (primary N) is 2. The predicted molar refractivity (Wildman–Crippen MR) is 118 cm³/mol. The number of carbonyl (C=O) groups is 2. The Bertz CT molecular complexity index is 901. The highest BCUT2D eigenvalue weighted by molar-refractivity contribution is 6.31. The maximum Gasteiger partial charge on any atom is 0.273 e. The highest BCUT2D eigenvalue weighted by atomic mass is 35.5. The van der Waals surface area contributed by atoms with Crippen LogP contribution < -0.4 is 22.1 Å². The molecule has 162 valence electrons. The first-order valence-electron chi connectivity index (χ1n) is 9.58. The zero-order valence-electron chi connectivity index (χ0n) is 17.5. The van der Waals surface area contributed by atoms with Gasteiger partial charge in [-0.1, -0.05) is 41.4 Å². The third-order valence-electron chi connectivity index (χ3n) is 4.65. The molecule has 6 N–H and O–H groups in total. The average Bonchev–Trinajstić information content (AvgIpc) is 2.66. The zero-order valence-corrected chi connectivity index (χ0v) is 18.3. The molecule has 9 nitrogen and oxygen atoms in total. The van der Waals surface area contributed by atoms with Crippen LogP contribution in [0.25, 0.3) is 0 Å². The van der Waals surface area contributed by atoms with E-state index in [0.717, 1.165) is 5.56 Å². The minimum absolute atomic E-state index is 0.0126. The van der Waals surface area contributed by atoms with Crippen molar-refractivity contribution in [1.82, 2.24) is 20.6 Å². The number of anilines is 2. The van der Waals surface area contributed by atoms with Crippen molar-refractivity contribution < 1.29 is 14.1 Å². The number of halogens is 1. The molecule has 0 unspecified atom stereocenters. The Morgan fingerprint density at radius 3 is 2.23 bits per heavy atom. The van der Waals surface area contributed by atoms with Crippen LogP contribution in [0.2, 0.25) is 5.15 Å². The highest BCUT2D eigenvalue weighted by Gasteiger charge is 2.19. The fourth-order valence-corrected chi connectivity index (χ4v) is 2.85. The van der Waals surface area contributed by atoms with Crippen LogP contribution in [-0.2, 0) is 11.2 Å². The Morgan fingerprint density at radius 2 is 1.60 bits per heavy atom. The first-order chi connectivity index (χ1) is 14.1. The Labute approximate surface area is 181 Å². The van der Waals surface area contributed by atoms with Crippen molar-refractivity contribution in [3.05, 3.63) is 46.2 Å². The summed E-state index contributed by atoms with van der Waals surface area (Å²) in [6.45, 7) is 4.31. The quantitative estimate of drug-likeness (QED) is 0.430. The molecule has 0 saturated heterocycles. The maximum absolute atomic E-state index is 12.3. The zero-order chi connectivity index (χ0) is 22.3. The van der Waals surface area contributed by atoms with Crippen molar-refractivity contribution in [1.29, 1.82) is 0 Å². The molecule has 1 aromatic heterocycles. The average molecular weight is 435 g/mol. The Morgan fingerprint density at radius 1 is 1.00 bits per heavy atom. The molecule has 0 saturated carbocycles. The number of aryl methyl sites for hydroxylation is 1. The van der Waals surface area contributed by atoms with Crippen molar-refractivity contribution in [3.8, 4) is 0 Å². The molecular weight excluding hydrogens is 406 g/mol. The lowest BCUT2D eigenvalue weighted by Gasteiger charge is -2.30. The van der Waals surface area contributed by atoms with E-state index in [4.69, 9.17) is 23.1 Å². The summed E-state index contributed by atoms with van der Waals surface area (Å²) in [5.41, 5.74) is 13.3. The number of nitrogens with zero attached hydrogens (tertiary/aromatic N) is 3. The first-order valence-corrected chi connectivity index (χ1v) is 9.96. The van der Waals surface area contributed by atoms with Gasteiger partial charge in [0.25, 0.3) is 5.91 Å². The van der Waals surface area contributed by atoms with Gasteiger partial charge in [0.1, 0.15) is 0 Å². The molecule has 10 heteroatoms. The number of aromatic nitrogens is 2. The summed E-state index contributed by atoms with van der Waals surface area (Å²) in [6.07, 6.45) is 0.358. The molecular formula is C20H29ClN7O2+. The number of quaternary nitrogens is 1. The van der Waals surface area contributed by atoms with Gasteiger partial charge in [-0.2, -0.15) is 0 Å². The lowest BCUT2D eigenvalue weighted by molar-refractivity contribution is -0.887. The summed E-state index contributed by atoms with van der Waals surface area (Å²) in [6, 6.07) is 7.91. The third kappa shape index (κ3) is 7.16. The Hall–Kier alpha value is -2.91. The molecule has 30 heavy (non-hydrogen) atoms. The van der Waals surface area contributed by atoms with Gasteiger partial charge in [-0.25, -0.2) is 9.97 Å². The van der Waals surface area contributed by atoms with Crippen LogP contribution in [0.4, 0.5) is 11.6 Å². The molecule has 0 spiro atoms. The summed E-state index contributed by atoms with van der Waals surface area (Å²) in [7, 11) is 4.04. The predicted octanol–water partition coefficient (Wildman–Crippen LogP) is 0.768. The van der Waals surface area contributed by atoms with Crippen molar-refractivity contribution in [2.24, 2.45) is 0 Å². The van der Waals surface area contributed by atoms with Gasteiger partial charge in [0.05, 0.1) is 46.7 Å². The van der Waals surface area contributed by atoms with E-state index in [0.29, 0.717) is 37.1 Å². The second-order valence-electron chi connectivity index (χ2n) is 7.78. The van der Waals surface area contributed by atoms with Crippen LogP contribution in [0.1, 0.15) is 21.6 Å². The van der Waals surface area contributed by atoms with Crippen molar-refractivity contribution in [2.45, 2.75) is 13.3 Å². The number of benzene rings is 1. The smallest absolute Gasteiger partial charge is 0.273 e. The largest absolute Gasteiger partial charge is 0.382 e. The topological polar surface area (TPSA) is 136 Å². The summed E-state index contributed by atoms with van der Waals surface area (Å²) < 4.78 is 0.606. The number of likely N-dealkylation sites (N-methyl/N-ethyl adjacent to an activating group) is 1. The van der Waals surface area contributed by atoms with Crippen molar-refractivity contribution in [2.75, 3.05) is 51.7 Å². The maximum atomic E-state index is 12.3. The highest BCUT2D eigenvalue weighted by Crippen LogP contribution is 2.17. The molecule has 0 fully saturated rings. The number of amides is 2. The molecule has 2 aromatic rings. The van der Waals surface area contributed by atoms with E-state index in [-0.39, 0.29) is 28.4 Å². The van der Waals surface area contributed by atoms with Gasteiger partial charge in [-0.15, -0.1) is 0 Å². The molecule has 0 aliphatic heterocycles. The summed E-state index contributed by atoms with van der Waals surface area (Å²) in [5, 5.41) is 5.63. The van der Waals surface area contributed by atoms with E-state index < -0.39 is 5.91 Å². The molecule has 1 heterocycles. The van der Waals surface area contributed by atoms with Crippen LogP contribution in [0, 0.1) is 6.92 Å². The Balaban J connectivity index is 1.73. The number of nitrogen functional groups attached to an aromatic ring is 2. The molecule has 1 aromatic carbocycles. The molecule has 0 atom stereocenters. The first kappa shape index (κ1) is 23.4. The van der Waals surface area contributed by atoms with Crippen LogP contribution in [-0.4, -0.2) is 66.5 Å². The summed E-state index contributed by atoms with van der Waals surface area (Å²) in [4.78, 5) is 32.0. The number of hydrogen-bond acceptors (Lipinski definition) is 6. The molecule has 0 radical (unpaired) electrons. The number of rotatable bonds is 9. The monoisotopic (exact) mass is 434 g/mol. The fourth-order valence-electron chi connectivity index (χ4n) is 2.73. The van der Waals surface area contributed by atoms with E-state index in [9.17, 15) is 9.59 Å². The summed E-state index contributed by atoms with van der Waals surface area (Å²) >= 11 is 5.81. The van der Waals surface area contributed by atoms with Gasteiger partial charge in [-0.05, 0) is 12.5 Å². The van der Waals surface area contributed by atoms with Gasteiger partial charge >= 0.3 is 0 Å². The van der Waals surface area contributed by atoms with E-state index in [1.807, 2.05) is 45.3 Å². The van der Waals surface area contributed by atoms with Crippen LogP contribution in [0.15, 0.2) is 24.3 Å². The van der Waals surface area contributed by atoms with Gasteiger partial charge < -0.3 is 26.6 Å². The lowest BCUT2D eigenvalue weighted by atomic mass is 10.1. The normalized spacial score (nSPS) is 11.2. The van der Waals surface area contributed by atoms with Crippen molar-refractivity contribution in [3.63, 3.8) is 0 Å². The fraction of sp³-hybridized carbons (Fsp3) is 0.400. The van der Waals surface area contributed by atoms with Crippen LogP contribution in [0.3, 0.4) is 0 Å². The summed E-state index contributed by atoms with van der Waals surface area (Å²) in [5.74, 6) is -0.567. The van der Waals surface area contributed by atoms with E-state index in [2.05, 4.69) is 20.6 Å². The van der Waals surface area contributed by atoms with Gasteiger partial charge in [0.2, 0.25) is 5.91 Å². The van der Waals surface area contributed by atoms with Gasteiger partial charge in [0.15, 0.2) is 22.5 Å². The van der Waals surface area contributed by atoms with E-state index in [1.165, 1.54) is 5.56 Å². The molecule has 0 aliphatic carbocycles. The van der Waals surface area contributed by atoms with E-state index >= 15 is 0 Å². The minimum atomic E-state index is -0.465. The number of carbonyl (C=O) groups excluding carboxylic acids is 2. The van der Waals surface area contributed by atoms with Crippen molar-refractivity contribution >= 4 is 35.1 Å². The Kier molecular flexibility index (Phi) is 7.96. The minimum Gasteiger partial charge on any atom is -0.382 e. The molecule has 0 bridgehead atoms. The van der Waals surface area contributed by atoms with Gasteiger partial charge in [0, 0.05) is 0 Å². The van der Waals surface area contributed by atoms with Crippen LogP contribution in [0.5, 0.6) is 0 Å².